The summed E-state index contributed by atoms with van der Waals surface area (Å²) >= 11 is 6.09. The Labute approximate surface area is 234 Å². The molecule has 0 aromatic heterocycles. The SMILES string of the molecule is CC(C)CNC(=O)C(Cc1ccccc1)N(Cc1ccccc1F)C(=O)CN(c1cccc(Cl)c1)S(C)(=O)=O. The first kappa shape index (κ1) is 30.1. The van der Waals surface area contributed by atoms with Crippen molar-refractivity contribution < 1.29 is 22.4 Å². The first-order valence-corrected chi connectivity index (χ1v) is 14.8. The second-order valence-corrected chi connectivity index (χ2v) is 12.1. The fourth-order valence-electron chi connectivity index (χ4n) is 4.03. The van der Waals surface area contributed by atoms with Crippen LogP contribution >= 0.6 is 11.6 Å². The quantitative estimate of drug-likeness (QED) is 0.341. The van der Waals surface area contributed by atoms with Gasteiger partial charge in [-0.2, -0.15) is 0 Å². The summed E-state index contributed by atoms with van der Waals surface area (Å²) in [7, 11) is -3.92. The molecule has 1 unspecified atom stereocenters. The number of sulfonamides is 1. The highest BCUT2D eigenvalue weighted by Gasteiger charge is 2.33. The molecule has 39 heavy (non-hydrogen) atoms. The zero-order valence-corrected chi connectivity index (χ0v) is 23.8. The Kier molecular flexibility index (Phi) is 10.5. The molecule has 0 saturated carbocycles. The minimum Gasteiger partial charge on any atom is -0.354 e. The molecule has 3 rings (SSSR count). The number of carbonyl (C=O) groups is 2. The van der Waals surface area contributed by atoms with Gasteiger partial charge in [-0.05, 0) is 35.7 Å². The molecule has 0 radical (unpaired) electrons. The van der Waals surface area contributed by atoms with Crippen LogP contribution in [0.3, 0.4) is 0 Å². The van der Waals surface area contributed by atoms with Crippen LogP contribution in [0.2, 0.25) is 5.02 Å². The van der Waals surface area contributed by atoms with Crippen LogP contribution in [-0.4, -0.2) is 50.5 Å². The number of benzene rings is 3. The maximum absolute atomic E-state index is 14.8. The molecule has 1 N–H and O–H groups in total. The number of hydrogen-bond acceptors (Lipinski definition) is 4. The largest absolute Gasteiger partial charge is 0.354 e. The van der Waals surface area contributed by atoms with E-state index in [1.54, 1.807) is 18.2 Å². The predicted molar refractivity (Wildman–Crippen MR) is 152 cm³/mol. The van der Waals surface area contributed by atoms with Gasteiger partial charge in [-0.25, -0.2) is 12.8 Å². The van der Waals surface area contributed by atoms with Crippen LogP contribution in [0.25, 0.3) is 0 Å². The third-order valence-electron chi connectivity index (χ3n) is 6.03. The van der Waals surface area contributed by atoms with Gasteiger partial charge in [0.25, 0.3) is 0 Å². The van der Waals surface area contributed by atoms with Crippen molar-refractivity contribution in [3.63, 3.8) is 0 Å². The number of nitrogens with zero attached hydrogens (tertiary/aromatic N) is 2. The fraction of sp³-hybridized carbons (Fsp3) is 0.310. The van der Waals surface area contributed by atoms with Gasteiger partial charge >= 0.3 is 0 Å². The average Bonchev–Trinajstić information content (AvgIpc) is 2.88. The summed E-state index contributed by atoms with van der Waals surface area (Å²) in [5.74, 6) is -1.45. The molecule has 0 aliphatic carbocycles. The lowest BCUT2D eigenvalue weighted by molar-refractivity contribution is -0.140. The van der Waals surface area contributed by atoms with Gasteiger partial charge in [0.15, 0.2) is 0 Å². The van der Waals surface area contributed by atoms with Gasteiger partial charge in [0, 0.05) is 30.1 Å². The molecule has 3 aromatic carbocycles. The Bertz CT molecular complexity index is 1390. The van der Waals surface area contributed by atoms with Gasteiger partial charge < -0.3 is 10.2 Å². The summed E-state index contributed by atoms with van der Waals surface area (Å²) in [6.07, 6.45) is 1.14. The number of anilines is 1. The Balaban J connectivity index is 2.06. The molecule has 0 saturated heterocycles. The molecule has 10 heteroatoms. The summed E-state index contributed by atoms with van der Waals surface area (Å²) in [4.78, 5) is 28.7. The molecule has 208 valence electrons. The van der Waals surface area contributed by atoms with Crippen molar-refractivity contribution in [3.8, 4) is 0 Å². The normalized spacial score (nSPS) is 12.2. The van der Waals surface area contributed by atoms with Crippen LogP contribution < -0.4 is 9.62 Å². The monoisotopic (exact) mass is 573 g/mol. The van der Waals surface area contributed by atoms with Crippen LogP contribution in [-0.2, 0) is 32.6 Å². The van der Waals surface area contributed by atoms with Crippen LogP contribution in [0.4, 0.5) is 10.1 Å². The highest BCUT2D eigenvalue weighted by Crippen LogP contribution is 2.23. The van der Waals surface area contributed by atoms with Gasteiger partial charge in [-0.1, -0.05) is 80.0 Å². The molecular weight excluding hydrogens is 541 g/mol. The van der Waals surface area contributed by atoms with Gasteiger partial charge in [0.1, 0.15) is 18.4 Å². The molecule has 0 bridgehead atoms. The second kappa shape index (κ2) is 13.6. The van der Waals surface area contributed by atoms with Crippen molar-refractivity contribution in [1.82, 2.24) is 10.2 Å². The Morgan fingerprint density at radius 1 is 0.974 bits per heavy atom. The van der Waals surface area contributed by atoms with E-state index >= 15 is 0 Å². The van der Waals surface area contributed by atoms with E-state index in [1.165, 1.54) is 35.2 Å². The van der Waals surface area contributed by atoms with E-state index in [2.05, 4.69) is 5.32 Å². The fourth-order valence-corrected chi connectivity index (χ4v) is 5.06. The van der Waals surface area contributed by atoms with Crippen molar-refractivity contribution in [3.05, 3.63) is 101 Å². The number of nitrogens with one attached hydrogen (secondary N) is 1. The zero-order valence-electron chi connectivity index (χ0n) is 22.2. The molecule has 0 spiro atoms. The highest BCUT2D eigenvalue weighted by atomic mass is 35.5. The zero-order chi connectivity index (χ0) is 28.6. The van der Waals surface area contributed by atoms with E-state index < -0.39 is 40.2 Å². The van der Waals surface area contributed by atoms with E-state index in [-0.39, 0.29) is 30.1 Å². The summed E-state index contributed by atoms with van der Waals surface area (Å²) in [6, 6.07) is 20.3. The topological polar surface area (TPSA) is 86.8 Å². The third kappa shape index (κ3) is 8.80. The molecular formula is C29H33ClFN3O4S. The van der Waals surface area contributed by atoms with Crippen LogP contribution in [0, 0.1) is 11.7 Å². The van der Waals surface area contributed by atoms with Crippen LogP contribution in [0.5, 0.6) is 0 Å². The molecule has 0 aliphatic heterocycles. The first-order chi connectivity index (χ1) is 18.5. The van der Waals surface area contributed by atoms with Gasteiger partial charge in [-0.15, -0.1) is 0 Å². The number of amides is 2. The van der Waals surface area contributed by atoms with Gasteiger partial charge in [0.2, 0.25) is 21.8 Å². The standard InChI is InChI=1S/C29H33ClFN3O4S/c1-21(2)18-32-29(36)27(16-22-10-5-4-6-11-22)33(19-23-12-7-8-15-26(23)31)28(35)20-34(39(3,37)38)25-14-9-13-24(30)17-25/h4-15,17,21,27H,16,18-20H2,1-3H3,(H,32,36). The van der Waals surface area contributed by atoms with Crippen molar-refractivity contribution >= 4 is 39.1 Å². The lowest BCUT2D eigenvalue weighted by atomic mass is 10.0. The molecule has 2 amide bonds. The van der Waals surface area contributed by atoms with Crippen molar-refractivity contribution in [2.75, 3.05) is 23.7 Å². The minimum absolute atomic E-state index is 0.154. The molecule has 0 aliphatic rings. The Morgan fingerprint density at radius 2 is 1.64 bits per heavy atom. The summed E-state index contributed by atoms with van der Waals surface area (Å²) in [6.45, 7) is 3.44. The first-order valence-electron chi connectivity index (χ1n) is 12.5. The molecule has 0 heterocycles. The number of carbonyl (C=O) groups excluding carboxylic acids is 2. The van der Waals surface area contributed by atoms with E-state index in [4.69, 9.17) is 11.6 Å². The maximum Gasteiger partial charge on any atom is 0.244 e. The van der Waals surface area contributed by atoms with E-state index in [1.807, 2.05) is 44.2 Å². The maximum atomic E-state index is 14.8. The van der Waals surface area contributed by atoms with E-state index in [9.17, 15) is 22.4 Å². The highest BCUT2D eigenvalue weighted by molar-refractivity contribution is 7.92. The van der Waals surface area contributed by atoms with Crippen molar-refractivity contribution in [2.24, 2.45) is 5.92 Å². The Hall–Kier alpha value is -3.43. The van der Waals surface area contributed by atoms with E-state index in [0.717, 1.165) is 16.1 Å². The van der Waals surface area contributed by atoms with Gasteiger partial charge in [0.05, 0.1) is 11.9 Å². The third-order valence-corrected chi connectivity index (χ3v) is 7.41. The van der Waals surface area contributed by atoms with Crippen LogP contribution in [0.15, 0.2) is 78.9 Å². The van der Waals surface area contributed by atoms with Gasteiger partial charge in [-0.3, -0.25) is 13.9 Å². The molecule has 7 nitrogen and oxygen atoms in total. The van der Waals surface area contributed by atoms with Crippen LogP contribution in [0.1, 0.15) is 25.0 Å². The number of hydrogen-bond donors (Lipinski definition) is 1. The molecule has 3 aromatic rings. The predicted octanol–water partition coefficient (Wildman–Crippen LogP) is 4.66. The number of halogens is 2. The Morgan fingerprint density at radius 3 is 2.26 bits per heavy atom. The summed E-state index contributed by atoms with van der Waals surface area (Å²) in [5, 5.41) is 3.18. The lowest BCUT2D eigenvalue weighted by Gasteiger charge is -2.33. The molecule has 0 fully saturated rings. The van der Waals surface area contributed by atoms with E-state index in [0.29, 0.717) is 11.6 Å². The van der Waals surface area contributed by atoms with Crippen molar-refractivity contribution in [1.29, 1.82) is 0 Å². The number of rotatable bonds is 12. The summed E-state index contributed by atoms with van der Waals surface area (Å²) < 4.78 is 41.2. The lowest BCUT2D eigenvalue weighted by Crippen LogP contribution is -2.53. The van der Waals surface area contributed by atoms with Crippen molar-refractivity contribution in [2.45, 2.75) is 32.9 Å². The molecule has 1 atom stereocenters. The summed E-state index contributed by atoms with van der Waals surface area (Å²) in [5.41, 5.74) is 1.20. The smallest absolute Gasteiger partial charge is 0.244 e. The minimum atomic E-state index is -3.92. The average molecular weight is 574 g/mol. The second-order valence-electron chi connectivity index (χ2n) is 9.71.